The molecule has 0 bridgehead atoms. The fourth-order valence-corrected chi connectivity index (χ4v) is 5.05. The van der Waals surface area contributed by atoms with Crippen LogP contribution in [0.2, 0.25) is 0 Å². The first-order valence-corrected chi connectivity index (χ1v) is 13.4. The van der Waals surface area contributed by atoms with Gasteiger partial charge in [0.2, 0.25) is 5.03 Å². The van der Waals surface area contributed by atoms with Gasteiger partial charge in [0, 0.05) is 37.1 Å². The van der Waals surface area contributed by atoms with Gasteiger partial charge in [-0.05, 0) is 56.9 Å². The normalized spacial score (nSPS) is 14.6. The van der Waals surface area contributed by atoms with Crippen molar-refractivity contribution >= 4 is 27.6 Å². The number of hydrogen-bond acceptors (Lipinski definition) is 9. The van der Waals surface area contributed by atoms with E-state index in [1.807, 2.05) is 23.5 Å². The molecule has 1 aromatic carbocycles. The number of nitrogen functional groups attached to an aromatic ring is 1. The molecule has 1 saturated heterocycles. The van der Waals surface area contributed by atoms with E-state index >= 15 is 0 Å². The predicted octanol–water partition coefficient (Wildman–Crippen LogP) is 3.40. The molecule has 1 fully saturated rings. The number of piperidine rings is 1. The molecule has 3 aromatic rings. The average Bonchev–Trinajstić information content (AvgIpc) is 2.83. The molecule has 2 aromatic heterocycles. The number of carbonyl (C=O) groups excluding carboxylic acids is 1. The van der Waals surface area contributed by atoms with Gasteiger partial charge in [0.15, 0.2) is 5.82 Å². The maximum atomic E-state index is 14.4. The second kappa shape index (κ2) is 10.7. The van der Waals surface area contributed by atoms with Crippen molar-refractivity contribution in [2.45, 2.75) is 44.7 Å². The summed E-state index contributed by atoms with van der Waals surface area (Å²) in [5.41, 5.74) is 6.59. The third-order valence-corrected chi connectivity index (χ3v) is 7.19. The summed E-state index contributed by atoms with van der Waals surface area (Å²) >= 11 is 0. The van der Waals surface area contributed by atoms with E-state index in [0.29, 0.717) is 41.8 Å². The molecular weight excluding hydrogens is 499 g/mol. The number of nitrogens with zero attached hydrogens (tertiary/aromatic N) is 4. The highest BCUT2D eigenvalue weighted by atomic mass is 32.2. The van der Waals surface area contributed by atoms with Crippen molar-refractivity contribution < 1.29 is 22.3 Å². The van der Waals surface area contributed by atoms with Gasteiger partial charge in [-0.15, -0.1) is 0 Å². The van der Waals surface area contributed by atoms with Crippen LogP contribution in [0.5, 0.6) is 5.75 Å². The first-order valence-electron chi connectivity index (χ1n) is 11.9. The van der Waals surface area contributed by atoms with Gasteiger partial charge in [-0.2, -0.15) is 8.42 Å². The van der Waals surface area contributed by atoms with E-state index < -0.39 is 26.8 Å². The van der Waals surface area contributed by atoms with Crippen LogP contribution in [0.1, 0.15) is 44.0 Å². The second-order valence-corrected chi connectivity index (χ2v) is 10.9. The van der Waals surface area contributed by atoms with Gasteiger partial charge in [-0.25, -0.2) is 24.1 Å². The van der Waals surface area contributed by atoms with Crippen molar-refractivity contribution in [1.29, 1.82) is 0 Å². The maximum absolute atomic E-state index is 14.4. The van der Waals surface area contributed by atoms with Gasteiger partial charge < -0.3 is 15.4 Å². The van der Waals surface area contributed by atoms with E-state index in [-0.39, 0.29) is 17.5 Å². The Kier molecular flexibility index (Phi) is 7.58. The molecule has 37 heavy (non-hydrogen) atoms. The van der Waals surface area contributed by atoms with Crippen LogP contribution in [0, 0.1) is 11.7 Å². The summed E-state index contributed by atoms with van der Waals surface area (Å²) in [6, 6.07) is 7.32. The van der Waals surface area contributed by atoms with E-state index in [1.165, 1.54) is 30.6 Å². The topological polar surface area (TPSA) is 140 Å². The van der Waals surface area contributed by atoms with Crippen LogP contribution in [0.25, 0.3) is 11.3 Å². The lowest BCUT2D eigenvalue weighted by atomic mass is 9.98. The minimum Gasteiger partial charge on any atom is -0.491 e. The van der Waals surface area contributed by atoms with Gasteiger partial charge in [-0.3, -0.25) is 4.79 Å². The zero-order valence-corrected chi connectivity index (χ0v) is 21.6. The van der Waals surface area contributed by atoms with E-state index in [9.17, 15) is 17.6 Å². The first kappa shape index (κ1) is 26.3. The molecule has 12 heteroatoms. The molecule has 196 valence electrons. The lowest BCUT2D eigenvalue weighted by molar-refractivity contribution is 0.0981. The van der Waals surface area contributed by atoms with E-state index in [2.05, 4.69) is 21.9 Å². The zero-order chi connectivity index (χ0) is 26.7. The number of anilines is 2. The molecule has 3 N–H and O–H groups in total. The minimum atomic E-state index is -4.39. The van der Waals surface area contributed by atoms with Gasteiger partial charge >= 0.3 is 0 Å². The summed E-state index contributed by atoms with van der Waals surface area (Å²) in [6.45, 7) is 7.09. The van der Waals surface area contributed by atoms with E-state index in [4.69, 9.17) is 10.5 Å². The standard InChI is InChI=1S/C25H29FN6O4S/c1-15(2)36-19-13-17(12-18(26)14-19)21-5-4-20(23(30-21)32-10-6-16(3)7-11-32)24(33)31-37(34,35)25-22(27)28-8-9-29-25/h4-5,8-9,12-16H,6-7,10-11H2,1-3H3,(H2,27,28)(H,31,33). The monoisotopic (exact) mass is 528 g/mol. The van der Waals surface area contributed by atoms with Gasteiger partial charge in [0.1, 0.15) is 17.4 Å². The molecule has 0 saturated carbocycles. The Labute approximate surface area is 215 Å². The number of amides is 1. The van der Waals surface area contributed by atoms with E-state index in [1.54, 1.807) is 12.1 Å². The molecule has 0 atom stereocenters. The lowest BCUT2D eigenvalue weighted by Gasteiger charge is -2.32. The van der Waals surface area contributed by atoms with Gasteiger partial charge in [0.25, 0.3) is 15.9 Å². The number of benzene rings is 1. The van der Waals surface area contributed by atoms with Crippen LogP contribution in [0.3, 0.4) is 0 Å². The number of carbonyl (C=O) groups is 1. The fourth-order valence-electron chi connectivity index (χ4n) is 4.07. The number of aromatic nitrogens is 3. The average molecular weight is 529 g/mol. The smallest absolute Gasteiger partial charge is 0.285 e. The Balaban J connectivity index is 1.73. The Morgan fingerprint density at radius 3 is 2.54 bits per heavy atom. The van der Waals surface area contributed by atoms with E-state index in [0.717, 1.165) is 12.8 Å². The minimum absolute atomic E-state index is 0.0550. The molecule has 0 aliphatic carbocycles. The summed E-state index contributed by atoms with van der Waals surface area (Å²) < 4.78 is 47.7. The molecule has 0 radical (unpaired) electrons. The summed E-state index contributed by atoms with van der Waals surface area (Å²) in [5, 5.41) is -0.543. The summed E-state index contributed by atoms with van der Waals surface area (Å²) in [4.78, 5) is 27.3. The van der Waals surface area contributed by atoms with Gasteiger partial charge in [-0.1, -0.05) is 6.92 Å². The van der Waals surface area contributed by atoms with Crippen LogP contribution in [-0.2, 0) is 10.0 Å². The summed E-state index contributed by atoms with van der Waals surface area (Å²) in [7, 11) is -4.39. The number of ether oxygens (including phenoxy) is 1. The molecule has 4 rings (SSSR count). The summed E-state index contributed by atoms with van der Waals surface area (Å²) in [6.07, 6.45) is 4.03. The van der Waals surface area contributed by atoms with Crippen molar-refractivity contribution in [1.82, 2.24) is 19.7 Å². The van der Waals surface area contributed by atoms with Crippen LogP contribution < -0.4 is 20.1 Å². The number of nitrogens with two attached hydrogens (primary N) is 1. The van der Waals surface area contributed by atoms with Crippen molar-refractivity contribution in [3.8, 4) is 17.0 Å². The fraction of sp³-hybridized carbons (Fsp3) is 0.360. The van der Waals surface area contributed by atoms with Crippen molar-refractivity contribution in [3.63, 3.8) is 0 Å². The zero-order valence-electron chi connectivity index (χ0n) is 20.8. The molecule has 1 amide bonds. The van der Waals surface area contributed by atoms with Crippen molar-refractivity contribution in [2.24, 2.45) is 5.92 Å². The number of nitrogens with one attached hydrogen (secondary N) is 1. The van der Waals surface area contributed by atoms with Crippen molar-refractivity contribution in [3.05, 3.63) is 54.1 Å². The molecule has 1 aliphatic rings. The second-order valence-electron chi connectivity index (χ2n) is 9.26. The largest absolute Gasteiger partial charge is 0.491 e. The lowest BCUT2D eigenvalue weighted by Crippen LogP contribution is -2.37. The Hall–Kier alpha value is -3.80. The molecular formula is C25H29FN6O4S. The van der Waals surface area contributed by atoms with Crippen molar-refractivity contribution in [2.75, 3.05) is 23.7 Å². The van der Waals surface area contributed by atoms with Crippen LogP contribution >= 0.6 is 0 Å². The van der Waals surface area contributed by atoms with Crippen LogP contribution in [-0.4, -0.2) is 48.5 Å². The number of rotatable bonds is 7. The quantitative estimate of drug-likeness (QED) is 0.472. The number of hydrogen-bond donors (Lipinski definition) is 2. The number of sulfonamides is 1. The molecule has 1 aliphatic heterocycles. The number of halogens is 1. The third kappa shape index (κ3) is 6.13. The molecule has 0 spiro atoms. The Morgan fingerprint density at radius 2 is 1.86 bits per heavy atom. The molecule has 10 nitrogen and oxygen atoms in total. The SMILES string of the molecule is CC1CCN(c2nc(-c3cc(F)cc(OC(C)C)c3)ccc2C(=O)NS(=O)(=O)c2nccnc2N)CC1. The van der Waals surface area contributed by atoms with Gasteiger partial charge in [0.05, 0.1) is 17.4 Å². The molecule has 3 heterocycles. The highest BCUT2D eigenvalue weighted by molar-refractivity contribution is 7.90. The highest BCUT2D eigenvalue weighted by Crippen LogP contribution is 2.31. The first-order chi connectivity index (χ1) is 17.5. The van der Waals surface area contributed by atoms with Crippen LogP contribution in [0.15, 0.2) is 47.8 Å². The highest BCUT2D eigenvalue weighted by Gasteiger charge is 2.28. The number of pyridine rings is 1. The molecule has 0 unspecified atom stereocenters. The predicted molar refractivity (Wildman–Crippen MR) is 137 cm³/mol. The van der Waals surface area contributed by atoms with Crippen LogP contribution in [0.4, 0.5) is 16.0 Å². The Bertz CT molecular complexity index is 1410. The Morgan fingerprint density at radius 1 is 1.16 bits per heavy atom. The maximum Gasteiger partial charge on any atom is 0.285 e. The third-order valence-electron chi connectivity index (χ3n) is 5.91. The summed E-state index contributed by atoms with van der Waals surface area (Å²) in [5.74, 6) is -0.532.